The van der Waals surface area contributed by atoms with Gasteiger partial charge in [0.25, 0.3) is 0 Å². The largest absolute Gasteiger partial charge is 0.471 e. The van der Waals surface area contributed by atoms with E-state index in [0.717, 1.165) is 52.1 Å². The Morgan fingerprint density at radius 3 is 2.56 bits per heavy atom. The summed E-state index contributed by atoms with van der Waals surface area (Å²) in [6.07, 6.45) is -1.40. The Labute approximate surface area is 157 Å². The van der Waals surface area contributed by atoms with Crippen LogP contribution in [-0.4, -0.2) is 36.2 Å². The maximum Gasteiger partial charge on any atom is 0.471 e. The summed E-state index contributed by atoms with van der Waals surface area (Å²) in [6, 6.07) is 4.12. The van der Waals surface area contributed by atoms with Crippen LogP contribution in [0.3, 0.4) is 0 Å². The molecular weight excluding hydrogens is 353 g/mol. The van der Waals surface area contributed by atoms with Crippen molar-refractivity contribution in [3.8, 4) is 0 Å². The second kappa shape index (κ2) is 5.52. The minimum atomic E-state index is -4.88. The predicted molar refractivity (Wildman–Crippen MR) is 98.7 cm³/mol. The van der Waals surface area contributed by atoms with Gasteiger partial charge in [-0.15, -0.1) is 0 Å². The highest BCUT2D eigenvalue weighted by molar-refractivity contribution is 5.86. The van der Waals surface area contributed by atoms with Gasteiger partial charge in [0.2, 0.25) is 0 Å². The zero-order valence-corrected chi connectivity index (χ0v) is 16.0. The Bertz CT molecular complexity index is 847. The van der Waals surface area contributed by atoms with Crippen molar-refractivity contribution in [1.82, 2.24) is 4.90 Å². The highest BCUT2D eigenvalue weighted by Gasteiger charge is 2.71. The molecule has 3 aliphatic rings. The summed E-state index contributed by atoms with van der Waals surface area (Å²) < 4.78 is 40.4. The first-order chi connectivity index (χ1) is 12.6. The van der Waals surface area contributed by atoms with Crippen molar-refractivity contribution in [2.75, 3.05) is 18.5 Å². The highest BCUT2D eigenvalue weighted by atomic mass is 19.4. The number of hydrogen-bond acceptors (Lipinski definition) is 2. The molecule has 4 rings (SSSR count). The van der Waals surface area contributed by atoms with Crippen molar-refractivity contribution in [3.63, 3.8) is 0 Å². The summed E-state index contributed by atoms with van der Waals surface area (Å²) >= 11 is 0. The van der Waals surface area contributed by atoms with Crippen LogP contribution in [0.25, 0.3) is 0 Å². The summed E-state index contributed by atoms with van der Waals surface area (Å²) in [5.74, 6) is -1.73. The number of anilines is 1. The van der Waals surface area contributed by atoms with Gasteiger partial charge in [-0.3, -0.25) is 4.79 Å². The van der Waals surface area contributed by atoms with Crippen molar-refractivity contribution in [2.24, 2.45) is 0 Å². The molecule has 1 aromatic rings. The van der Waals surface area contributed by atoms with Crippen LogP contribution in [-0.2, 0) is 10.2 Å². The van der Waals surface area contributed by atoms with Gasteiger partial charge in [0.1, 0.15) is 5.66 Å². The topological polar surface area (TPSA) is 23.6 Å². The number of carbonyl (C=O) groups excluding carboxylic acids is 1. The lowest BCUT2D eigenvalue weighted by Gasteiger charge is -2.49. The fraction of sp³-hybridized carbons (Fsp3) is 0.571. The number of hydrogen-bond donors (Lipinski definition) is 0. The smallest absolute Gasteiger partial charge is 0.350 e. The lowest BCUT2D eigenvalue weighted by atomic mass is 9.65. The SMILES string of the molecule is C=C1CCCC[C@@]23N(C(=O)C(F)(F)F)CC[C@@]12c1c(C)cc(C)cc1N3C. The maximum atomic E-state index is 13.5. The third kappa shape index (κ3) is 2.07. The molecule has 146 valence electrons. The molecule has 1 amide bonds. The van der Waals surface area contributed by atoms with E-state index in [9.17, 15) is 18.0 Å². The van der Waals surface area contributed by atoms with E-state index in [1.165, 1.54) is 0 Å². The molecule has 1 aromatic carbocycles. The molecule has 0 spiro atoms. The number of likely N-dealkylation sites (tertiary alicyclic amines) is 1. The molecule has 1 saturated heterocycles. The zero-order chi connectivity index (χ0) is 19.8. The van der Waals surface area contributed by atoms with E-state index in [0.29, 0.717) is 12.8 Å². The van der Waals surface area contributed by atoms with Crippen molar-refractivity contribution in [3.05, 3.63) is 41.0 Å². The molecule has 0 unspecified atom stereocenters. The van der Waals surface area contributed by atoms with E-state index in [4.69, 9.17) is 0 Å². The molecule has 2 aliphatic heterocycles. The molecule has 3 nitrogen and oxygen atoms in total. The number of halogens is 3. The van der Waals surface area contributed by atoms with Crippen LogP contribution in [0.1, 0.15) is 48.8 Å². The zero-order valence-electron chi connectivity index (χ0n) is 16.0. The van der Waals surface area contributed by atoms with Gasteiger partial charge < -0.3 is 9.80 Å². The predicted octanol–water partition coefficient (Wildman–Crippen LogP) is 4.61. The number of benzene rings is 1. The molecule has 0 N–H and O–H groups in total. The number of fused-ring (bicyclic) bond motifs is 1. The summed E-state index contributed by atoms with van der Waals surface area (Å²) in [7, 11) is 1.85. The Hall–Kier alpha value is -1.98. The lowest BCUT2D eigenvalue weighted by Crippen LogP contribution is -2.65. The Balaban J connectivity index is 2.03. The number of alkyl halides is 3. The third-order valence-corrected chi connectivity index (χ3v) is 6.99. The summed E-state index contributed by atoms with van der Waals surface area (Å²) in [6.45, 7) is 8.48. The monoisotopic (exact) mass is 378 g/mol. The number of amides is 1. The van der Waals surface area contributed by atoms with E-state index in [2.05, 4.69) is 12.6 Å². The second-order valence-corrected chi connectivity index (χ2v) is 8.27. The molecule has 6 heteroatoms. The molecule has 1 saturated carbocycles. The molecular formula is C21H25F3N2O. The first-order valence-electron chi connectivity index (χ1n) is 9.50. The minimum absolute atomic E-state index is 0.106. The number of nitrogens with zero attached hydrogens (tertiary/aromatic N) is 2. The van der Waals surface area contributed by atoms with Crippen LogP contribution >= 0.6 is 0 Å². The summed E-state index contributed by atoms with van der Waals surface area (Å²) in [5, 5.41) is 0. The van der Waals surface area contributed by atoms with Crippen LogP contribution in [0.4, 0.5) is 18.9 Å². The van der Waals surface area contributed by atoms with E-state index < -0.39 is 23.2 Å². The normalized spacial score (nSPS) is 30.1. The quantitative estimate of drug-likeness (QED) is 0.616. The van der Waals surface area contributed by atoms with Crippen LogP contribution in [0.5, 0.6) is 0 Å². The fourth-order valence-corrected chi connectivity index (χ4v) is 6.15. The average Bonchev–Trinajstić information content (AvgIpc) is 2.95. The van der Waals surface area contributed by atoms with E-state index >= 15 is 0 Å². The molecule has 2 fully saturated rings. The van der Waals surface area contributed by atoms with Crippen molar-refractivity contribution >= 4 is 11.6 Å². The first-order valence-corrected chi connectivity index (χ1v) is 9.50. The number of carbonyl (C=O) groups is 1. The molecule has 0 bridgehead atoms. The Kier molecular flexibility index (Phi) is 3.76. The molecule has 2 heterocycles. The van der Waals surface area contributed by atoms with Crippen molar-refractivity contribution < 1.29 is 18.0 Å². The van der Waals surface area contributed by atoms with Gasteiger partial charge in [0.05, 0.1) is 5.41 Å². The molecule has 1 aliphatic carbocycles. The van der Waals surface area contributed by atoms with Gasteiger partial charge in [-0.05, 0) is 68.7 Å². The van der Waals surface area contributed by atoms with E-state index in [1.54, 1.807) is 0 Å². The van der Waals surface area contributed by atoms with Gasteiger partial charge >= 0.3 is 12.1 Å². The number of likely N-dealkylation sites (N-methyl/N-ethyl adjacent to an activating group) is 1. The molecule has 0 aromatic heterocycles. The Morgan fingerprint density at radius 1 is 1.19 bits per heavy atom. The van der Waals surface area contributed by atoms with Crippen molar-refractivity contribution in [2.45, 2.75) is 63.2 Å². The molecule has 27 heavy (non-hydrogen) atoms. The van der Waals surface area contributed by atoms with Gasteiger partial charge in [0.15, 0.2) is 0 Å². The maximum absolute atomic E-state index is 13.5. The average molecular weight is 378 g/mol. The second-order valence-electron chi connectivity index (χ2n) is 8.27. The van der Waals surface area contributed by atoms with Gasteiger partial charge in [-0.25, -0.2) is 0 Å². The Morgan fingerprint density at radius 2 is 1.89 bits per heavy atom. The van der Waals surface area contributed by atoms with Crippen LogP contribution < -0.4 is 4.90 Å². The van der Waals surface area contributed by atoms with E-state index in [1.807, 2.05) is 31.9 Å². The minimum Gasteiger partial charge on any atom is -0.350 e. The standard InChI is InChI=1S/C21H25F3N2O/c1-13-11-14(2)17-16(12-13)25(4)20-8-6-5-7-15(3)19(17,20)9-10-26(20)18(27)21(22,23)24/h11-12H,3,5-10H2,1-2,4H3/t19-,20+/m0/s1. The summed E-state index contributed by atoms with van der Waals surface area (Å²) in [5.41, 5.74) is 3.47. The van der Waals surface area contributed by atoms with Crippen molar-refractivity contribution in [1.29, 1.82) is 0 Å². The summed E-state index contributed by atoms with van der Waals surface area (Å²) in [4.78, 5) is 15.5. The first kappa shape index (κ1) is 18.4. The van der Waals surface area contributed by atoms with Crippen LogP contribution in [0.15, 0.2) is 24.3 Å². The molecule has 0 radical (unpaired) electrons. The van der Waals surface area contributed by atoms with Crippen LogP contribution in [0.2, 0.25) is 0 Å². The van der Waals surface area contributed by atoms with Gasteiger partial charge in [0, 0.05) is 19.3 Å². The lowest BCUT2D eigenvalue weighted by molar-refractivity contribution is -0.190. The number of rotatable bonds is 0. The number of aryl methyl sites for hydroxylation is 2. The molecule has 2 atom stereocenters. The van der Waals surface area contributed by atoms with Gasteiger partial charge in [-0.2, -0.15) is 13.2 Å². The highest BCUT2D eigenvalue weighted by Crippen LogP contribution is 2.65. The van der Waals surface area contributed by atoms with E-state index in [-0.39, 0.29) is 6.54 Å². The third-order valence-electron chi connectivity index (χ3n) is 6.99. The fourth-order valence-electron chi connectivity index (χ4n) is 6.15. The van der Waals surface area contributed by atoms with Gasteiger partial charge in [-0.1, -0.05) is 18.2 Å². The van der Waals surface area contributed by atoms with Crippen LogP contribution in [0, 0.1) is 13.8 Å².